The van der Waals surface area contributed by atoms with Gasteiger partial charge in [-0.1, -0.05) is 79.3 Å². The largest absolute Gasteiger partial charge is 0.392 e. The van der Waals surface area contributed by atoms with Crippen molar-refractivity contribution in [3.63, 3.8) is 0 Å². The van der Waals surface area contributed by atoms with E-state index >= 15 is 0 Å². The van der Waals surface area contributed by atoms with E-state index < -0.39 is 6.29 Å². The van der Waals surface area contributed by atoms with Gasteiger partial charge in [-0.3, -0.25) is 0 Å². The summed E-state index contributed by atoms with van der Waals surface area (Å²) in [7, 11) is 0. The molecule has 1 saturated heterocycles. The number of para-hydroxylation sites is 1. The number of rotatable bonds is 7. The zero-order valence-electron chi connectivity index (χ0n) is 19.0. The molecule has 1 aliphatic heterocycles. The molecule has 4 aromatic rings. The summed E-state index contributed by atoms with van der Waals surface area (Å²) in [6.45, 7) is 2.72. The lowest BCUT2D eigenvalue weighted by molar-refractivity contribution is -0.268. The van der Waals surface area contributed by atoms with E-state index in [1.807, 2.05) is 60.7 Å². The molecule has 0 radical (unpaired) electrons. The van der Waals surface area contributed by atoms with Gasteiger partial charge in [0.2, 0.25) is 0 Å². The molecule has 5 nitrogen and oxygen atoms in total. The van der Waals surface area contributed by atoms with Crippen molar-refractivity contribution in [1.29, 1.82) is 0 Å². The minimum atomic E-state index is -0.466. The number of thiazole rings is 1. The fraction of sp³-hybridized carbons (Fsp3) is 0.296. The number of fused-ring (bicyclic) bond motifs is 1. The van der Waals surface area contributed by atoms with E-state index in [2.05, 4.69) is 19.1 Å². The number of nitrogens with two attached hydrogens (primary N) is 1. The van der Waals surface area contributed by atoms with Gasteiger partial charge in [0.15, 0.2) is 10.6 Å². The number of aliphatic hydroxyl groups is 1. The van der Waals surface area contributed by atoms with Crippen molar-refractivity contribution in [2.45, 2.75) is 42.9 Å². The maximum Gasteiger partial charge on any atom is 0.184 e. The topological polar surface area (TPSA) is 77.6 Å². The fourth-order valence-electron chi connectivity index (χ4n) is 4.19. The molecule has 7 heteroatoms. The Kier molecular flexibility index (Phi) is 7.29. The van der Waals surface area contributed by atoms with Crippen molar-refractivity contribution in [1.82, 2.24) is 4.98 Å². The second kappa shape index (κ2) is 10.6. The molecule has 1 aliphatic rings. The molecule has 0 saturated carbocycles. The van der Waals surface area contributed by atoms with Crippen LogP contribution in [0.2, 0.25) is 0 Å². The van der Waals surface area contributed by atoms with Crippen LogP contribution in [-0.4, -0.2) is 21.9 Å². The highest BCUT2D eigenvalue weighted by atomic mass is 32.2. The SMILES string of the molecule is C[C@@H]1[C@H](CSc2nc3ccccc3s2)O[C@H](c2ccc(CN)cc2)O[C@@H]1c1ccc(CO)cc1. The summed E-state index contributed by atoms with van der Waals surface area (Å²) in [5.41, 5.74) is 10.8. The first kappa shape index (κ1) is 23.5. The van der Waals surface area contributed by atoms with E-state index in [9.17, 15) is 5.11 Å². The Morgan fingerprint density at radius 3 is 2.35 bits per heavy atom. The van der Waals surface area contributed by atoms with Crippen molar-refractivity contribution in [2.24, 2.45) is 11.7 Å². The average molecular weight is 493 g/mol. The van der Waals surface area contributed by atoms with E-state index in [1.54, 1.807) is 23.1 Å². The van der Waals surface area contributed by atoms with Crippen LogP contribution in [0.1, 0.15) is 41.6 Å². The Morgan fingerprint density at radius 2 is 1.65 bits per heavy atom. The molecule has 3 aromatic carbocycles. The molecule has 0 amide bonds. The molecule has 0 bridgehead atoms. The van der Waals surface area contributed by atoms with Crippen LogP contribution in [-0.2, 0) is 22.6 Å². The molecule has 2 heterocycles. The molecule has 4 atom stereocenters. The normalized spacial score (nSPS) is 22.8. The summed E-state index contributed by atoms with van der Waals surface area (Å²) in [5, 5.41) is 9.43. The van der Waals surface area contributed by atoms with Crippen LogP contribution in [0.25, 0.3) is 10.2 Å². The van der Waals surface area contributed by atoms with Crippen LogP contribution in [0, 0.1) is 5.92 Å². The van der Waals surface area contributed by atoms with Gasteiger partial charge in [0.1, 0.15) is 0 Å². The lowest BCUT2D eigenvalue weighted by atomic mass is 9.91. The molecule has 176 valence electrons. The van der Waals surface area contributed by atoms with Gasteiger partial charge in [0.05, 0.1) is 29.0 Å². The standard InChI is InChI=1S/C27H28N2O3S2/c1-17-23(16-33-27-29-22-4-2-3-5-24(22)34-27)31-26(21-12-6-18(14-28)7-13-21)32-25(17)20-10-8-19(15-30)9-11-20/h2-13,17,23,25-26,30H,14-16,28H2,1H3/t17-,23+,25+,26+/m1/s1. The molecule has 34 heavy (non-hydrogen) atoms. The van der Waals surface area contributed by atoms with Crippen molar-refractivity contribution in [3.8, 4) is 0 Å². The van der Waals surface area contributed by atoms with Crippen LogP contribution in [0.15, 0.2) is 77.1 Å². The van der Waals surface area contributed by atoms with Gasteiger partial charge >= 0.3 is 0 Å². The van der Waals surface area contributed by atoms with E-state index in [1.165, 1.54) is 4.70 Å². The molecule has 1 aromatic heterocycles. The maximum absolute atomic E-state index is 9.43. The predicted molar refractivity (Wildman–Crippen MR) is 138 cm³/mol. The summed E-state index contributed by atoms with van der Waals surface area (Å²) >= 11 is 3.46. The third kappa shape index (κ3) is 5.05. The van der Waals surface area contributed by atoms with Gasteiger partial charge in [-0.25, -0.2) is 4.98 Å². The average Bonchev–Trinajstić information content (AvgIpc) is 3.31. The van der Waals surface area contributed by atoms with Crippen molar-refractivity contribution >= 4 is 33.3 Å². The highest BCUT2D eigenvalue weighted by molar-refractivity contribution is 8.01. The molecule has 0 spiro atoms. The second-order valence-corrected chi connectivity index (χ2v) is 10.8. The van der Waals surface area contributed by atoms with Gasteiger partial charge < -0.3 is 20.3 Å². The van der Waals surface area contributed by atoms with Crippen LogP contribution in [0.4, 0.5) is 0 Å². The molecular formula is C27H28N2O3S2. The zero-order chi connectivity index (χ0) is 23.5. The highest BCUT2D eigenvalue weighted by Crippen LogP contribution is 2.43. The van der Waals surface area contributed by atoms with Crippen molar-refractivity contribution in [3.05, 3.63) is 95.1 Å². The summed E-state index contributed by atoms with van der Waals surface area (Å²) in [4.78, 5) is 4.77. The Balaban J connectivity index is 1.39. The number of aromatic nitrogens is 1. The van der Waals surface area contributed by atoms with E-state index in [0.717, 1.165) is 37.9 Å². The minimum absolute atomic E-state index is 0.0209. The molecule has 3 N–H and O–H groups in total. The second-order valence-electron chi connectivity index (χ2n) is 8.53. The van der Waals surface area contributed by atoms with Crippen LogP contribution in [0.5, 0.6) is 0 Å². The number of thioether (sulfide) groups is 1. The Hall–Kier alpha value is -2.26. The molecule has 5 rings (SSSR count). The fourth-order valence-corrected chi connectivity index (χ4v) is 6.44. The van der Waals surface area contributed by atoms with E-state index in [0.29, 0.717) is 6.54 Å². The van der Waals surface area contributed by atoms with E-state index in [-0.39, 0.29) is 24.7 Å². The smallest absolute Gasteiger partial charge is 0.184 e. The van der Waals surface area contributed by atoms with Gasteiger partial charge in [-0.05, 0) is 28.8 Å². The maximum atomic E-state index is 9.43. The zero-order valence-corrected chi connectivity index (χ0v) is 20.6. The molecule has 0 unspecified atom stereocenters. The molecule has 1 fully saturated rings. The predicted octanol–water partition coefficient (Wildman–Crippen LogP) is 5.83. The number of ether oxygens (including phenoxy) is 2. The Bertz CT molecular complexity index is 1190. The van der Waals surface area contributed by atoms with Crippen LogP contribution >= 0.6 is 23.1 Å². The van der Waals surface area contributed by atoms with Crippen molar-refractivity contribution in [2.75, 3.05) is 5.75 Å². The third-order valence-electron chi connectivity index (χ3n) is 6.26. The van der Waals surface area contributed by atoms with Gasteiger partial charge in [-0.15, -0.1) is 11.3 Å². The quantitative estimate of drug-likeness (QED) is 0.316. The summed E-state index contributed by atoms with van der Waals surface area (Å²) in [5.74, 6) is 0.925. The first-order valence-corrected chi connectivity index (χ1v) is 13.2. The molecule has 0 aliphatic carbocycles. The Labute approximate surface area is 207 Å². The number of aliphatic hydroxyl groups excluding tert-OH is 1. The summed E-state index contributed by atoms with van der Waals surface area (Å²) in [6, 6.07) is 24.3. The first-order chi connectivity index (χ1) is 16.6. The Morgan fingerprint density at radius 1 is 0.941 bits per heavy atom. The van der Waals surface area contributed by atoms with Gasteiger partial charge in [-0.2, -0.15) is 0 Å². The summed E-state index contributed by atoms with van der Waals surface area (Å²) in [6.07, 6.45) is -0.611. The first-order valence-electron chi connectivity index (χ1n) is 11.4. The van der Waals surface area contributed by atoms with Crippen molar-refractivity contribution < 1.29 is 14.6 Å². The minimum Gasteiger partial charge on any atom is -0.392 e. The van der Waals surface area contributed by atoms with Crippen LogP contribution < -0.4 is 5.73 Å². The summed E-state index contributed by atoms with van der Waals surface area (Å²) < 4.78 is 15.3. The highest BCUT2D eigenvalue weighted by Gasteiger charge is 2.38. The number of nitrogens with zero attached hydrogens (tertiary/aromatic N) is 1. The van der Waals surface area contributed by atoms with E-state index in [4.69, 9.17) is 20.2 Å². The number of hydrogen-bond donors (Lipinski definition) is 2. The lowest BCUT2D eigenvalue weighted by Gasteiger charge is -2.41. The van der Waals surface area contributed by atoms with Crippen LogP contribution in [0.3, 0.4) is 0 Å². The number of hydrogen-bond acceptors (Lipinski definition) is 7. The van der Waals surface area contributed by atoms with Gasteiger partial charge in [0, 0.05) is 23.8 Å². The third-order valence-corrected chi connectivity index (χ3v) is 8.52. The molecular weight excluding hydrogens is 464 g/mol. The number of benzene rings is 3. The van der Waals surface area contributed by atoms with Gasteiger partial charge in [0.25, 0.3) is 0 Å². The monoisotopic (exact) mass is 492 g/mol. The lowest BCUT2D eigenvalue weighted by Crippen LogP contribution is -2.38.